The normalized spacial score (nSPS) is 10.8. The Balaban J connectivity index is 1.91. The average molecular weight is 453 g/mol. The second-order valence-electron chi connectivity index (χ2n) is 8.15. The molecule has 0 saturated heterocycles. The number of rotatable bonds is 9. The van der Waals surface area contributed by atoms with Gasteiger partial charge in [-0.05, 0) is 47.4 Å². The van der Waals surface area contributed by atoms with Crippen LogP contribution in [0.1, 0.15) is 40.4 Å². The van der Waals surface area contributed by atoms with Gasteiger partial charge in [0.25, 0.3) is 0 Å². The van der Waals surface area contributed by atoms with Gasteiger partial charge in [0.1, 0.15) is 5.75 Å². The summed E-state index contributed by atoms with van der Waals surface area (Å²) in [5, 5.41) is 1.17. The number of amides is 1. The van der Waals surface area contributed by atoms with Gasteiger partial charge in [-0.2, -0.15) is 0 Å². The third-order valence-corrected chi connectivity index (χ3v) is 5.56. The molecule has 0 unspecified atom stereocenters. The van der Waals surface area contributed by atoms with Crippen LogP contribution in [0.15, 0.2) is 42.6 Å². The number of aryl methyl sites for hydroxylation is 1. The average Bonchev–Trinajstić information content (AvgIpc) is 3.15. The number of methoxy groups -OCH3 is 2. The minimum absolute atomic E-state index is 0.330. The van der Waals surface area contributed by atoms with Crippen molar-refractivity contribution in [2.75, 3.05) is 34.9 Å². The quantitative estimate of drug-likeness (QED) is 0.441. The molecule has 3 rings (SSSR count). The number of nitrogens with zero attached hydrogens (tertiary/aromatic N) is 2. The van der Waals surface area contributed by atoms with Gasteiger partial charge in [-0.3, -0.25) is 0 Å². The zero-order valence-corrected chi connectivity index (χ0v) is 20.0. The molecular weight excluding hydrogens is 420 g/mol. The molecule has 0 N–H and O–H groups in total. The number of benzene rings is 2. The molecule has 1 aromatic heterocycles. The Kier molecular flexibility index (Phi) is 7.98. The summed E-state index contributed by atoms with van der Waals surface area (Å²) in [4.78, 5) is 25.0. The number of carbonyl (C=O) groups excluding carboxylic acids is 2. The highest BCUT2D eigenvalue weighted by molar-refractivity contribution is 5.90. The van der Waals surface area contributed by atoms with Crippen molar-refractivity contribution in [2.45, 2.75) is 32.7 Å². The highest BCUT2D eigenvalue weighted by Crippen LogP contribution is 2.29. The topological polar surface area (TPSA) is 70.0 Å². The fourth-order valence-corrected chi connectivity index (χ4v) is 3.87. The molecule has 7 heteroatoms. The molecule has 0 aliphatic carbocycles. The van der Waals surface area contributed by atoms with Gasteiger partial charge in [0, 0.05) is 50.6 Å². The van der Waals surface area contributed by atoms with E-state index in [1.54, 1.807) is 33.3 Å². The summed E-state index contributed by atoms with van der Waals surface area (Å²) >= 11 is 0. The molecule has 0 radical (unpaired) electrons. The van der Waals surface area contributed by atoms with Crippen LogP contribution < -0.4 is 4.74 Å². The number of ether oxygens (including phenoxy) is 3. The minimum atomic E-state index is -0.390. The van der Waals surface area contributed by atoms with E-state index in [4.69, 9.17) is 14.2 Å². The van der Waals surface area contributed by atoms with E-state index in [0.29, 0.717) is 30.8 Å². The molecule has 33 heavy (non-hydrogen) atoms. The van der Waals surface area contributed by atoms with Crippen molar-refractivity contribution in [3.8, 4) is 5.75 Å². The molecule has 1 heterocycles. The van der Waals surface area contributed by atoms with E-state index in [1.165, 1.54) is 28.5 Å². The predicted octanol–water partition coefficient (Wildman–Crippen LogP) is 4.68. The lowest BCUT2D eigenvalue weighted by atomic mass is 10.00. The second-order valence-corrected chi connectivity index (χ2v) is 8.15. The first kappa shape index (κ1) is 24.2. The zero-order valence-electron chi connectivity index (χ0n) is 20.0. The third-order valence-electron chi connectivity index (χ3n) is 5.56. The number of fused-ring (bicyclic) bond motifs is 1. The van der Waals surface area contributed by atoms with Crippen molar-refractivity contribution < 1.29 is 23.8 Å². The molecule has 0 fully saturated rings. The van der Waals surface area contributed by atoms with Crippen LogP contribution in [0.3, 0.4) is 0 Å². The van der Waals surface area contributed by atoms with Crippen LogP contribution in [0.2, 0.25) is 0 Å². The van der Waals surface area contributed by atoms with Gasteiger partial charge >= 0.3 is 12.1 Å². The molecule has 176 valence electrons. The van der Waals surface area contributed by atoms with Crippen LogP contribution in [0.25, 0.3) is 10.9 Å². The summed E-state index contributed by atoms with van der Waals surface area (Å²) in [6, 6.07) is 11.8. The van der Waals surface area contributed by atoms with Gasteiger partial charge in [0.2, 0.25) is 0 Å². The van der Waals surface area contributed by atoms with E-state index in [-0.39, 0.29) is 12.1 Å². The summed E-state index contributed by atoms with van der Waals surface area (Å²) in [6.07, 6.45) is 4.19. The van der Waals surface area contributed by atoms with E-state index in [1.807, 2.05) is 6.07 Å². The summed E-state index contributed by atoms with van der Waals surface area (Å²) in [5.41, 5.74) is 4.91. The molecule has 1 amide bonds. The summed E-state index contributed by atoms with van der Waals surface area (Å²) in [5.74, 6) is 0.264. The van der Waals surface area contributed by atoms with E-state index >= 15 is 0 Å². The second kappa shape index (κ2) is 10.9. The zero-order chi connectivity index (χ0) is 24.0. The first-order chi connectivity index (χ1) is 15.9. The predicted molar refractivity (Wildman–Crippen MR) is 128 cm³/mol. The summed E-state index contributed by atoms with van der Waals surface area (Å²) in [6.45, 7) is 3.42. The number of carbonyl (C=O) groups is 2. The molecule has 0 atom stereocenters. The van der Waals surface area contributed by atoms with Gasteiger partial charge in [-0.25, -0.2) is 9.59 Å². The maximum Gasteiger partial charge on any atom is 0.409 e. The molecule has 7 nitrogen and oxygen atoms in total. The Morgan fingerprint density at radius 1 is 1.03 bits per heavy atom. The van der Waals surface area contributed by atoms with Crippen LogP contribution in [0.5, 0.6) is 5.75 Å². The summed E-state index contributed by atoms with van der Waals surface area (Å²) in [7, 11) is 6.31. The van der Waals surface area contributed by atoms with E-state index in [2.05, 4.69) is 35.9 Å². The smallest absolute Gasteiger partial charge is 0.409 e. The lowest BCUT2D eigenvalue weighted by Gasteiger charge is -2.11. The Bertz CT molecular complexity index is 1130. The number of aromatic nitrogens is 1. The maximum absolute atomic E-state index is 11.9. The largest absolute Gasteiger partial charge is 0.496 e. The molecule has 2 aromatic carbocycles. The van der Waals surface area contributed by atoms with E-state index in [0.717, 1.165) is 24.1 Å². The number of esters is 1. The van der Waals surface area contributed by atoms with Gasteiger partial charge < -0.3 is 23.7 Å². The standard InChI is InChI=1S/C26H32N2O5/c1-6-12-28-17-21(15-19-8-9-20(25(29)32-5)16-24(19)31-4)22-14-18(7-10-23(22)28)11-13-33-26(30)27(2)3/h7-10,14,16-17H,6,11-13,15H2,1-5H3. The lowest BCUT2D eigenvalue weighted by Crippen LogP contribution is -2.23. The van der Waals surface area contributed by atoms with Crippen LogP contribution in [0.4, 0.5) is 4.79 Å². The molecule has 0 bridgehead atoms. The van der Waals surface area contributed by atoms with E-state index in [9.17, 15) is 9.59 Å². The van der Waals surface area contributed by atoms with Crippen molar-refractivity contribution in [3.63, 3.8) is 0 Å². The van der Waals surface area contributed by atoms with Crippen LogP contribution in [-0.4, -0.2) is 56.5 Å². The SMILES string of the molecule is CCCn1cc(Cc2ccc(C(=O)OC)cc2OC)c2cc(CCOC(=O)N(C)C)ccc21. The fraction of sp³-hybridized carbons (Fsp3) is 0.385. The highest BCUT2D eigenvalue weighted by atomic mass is 16.6. The highest BCUT2D eigenvalue weighted by Gasteiger charge is 2.15. The van der Waals surface area contributed by atoms with Gasteiger partial charge in [0.15, 0.2) is 0 Å². The Morgan fingerprint density at radius 2 is 1.82 bits per heavy atom. The Labute approximate surface area is 194 Å². The molecule has 0 aliphatic rings. The maximum atomic E-state index is 11.9. The molecular formula is C26H32N2O5. The van der Waals surface area contributed by atoms with Gasteiger partial charge in [0.05, 0.1) is 26.4 Å². The Hall–Kier alpha value is -3.48. The fourth-order valence-electron chi connectivity index (χ4n) is 3.87. The van der Waals surface area contributed by atoms with E-state index < -0.39 is 0 Å². The Morgan fingerprint density at radius 3 is 2.48 bits per heavy atom. The van der Waals surface area contributed by atoms with Crippen molar-refractivity contribution in [1.29, 1.82) is 0 Å². The third kappa shape index (κ3) is 5.66. The van der Waals surface area contributed by atoms with Crippen molar-refractivity contribution >= 4 is 23.0 Å². The van der Waals surface area contributed by atoms with Gasteiger partial charge in [-0.1, -0.05) is 19.1 Å². The molecule has 0 saturated carbocycles. The molecule has 3 aromatic rings. The van der Waals surface area contributed by atoms with Crippen LogP contribution in [-0.2, 0) is 28.9 Å². The number of hydrogen-bond donors (Lipinski definition) is 0. The van der Waals surface area contributed by atoms with Crippen LogP contribution >= 0.6 is 0 Å². The first-order valence-corrected chi connectivity index (χ1v) is 11.1. The van der Waals surface area contributed by atoms with Gasteiger partial charge in [-0.15, -0.1) is 0 Å². The molecule has 0 spiro atoms. The van der Waals surface area contributed by atoms with Crippen LogP contribution in [0, 0.1) is 0 Å². The first-order valence-electron chi connectivity index (χ1n) is 11.1. The minimum Gasteiger partial charge on any atom is -0.496 e. The monoisotopic (exact) mass is 452 g/mol. The lowest BCUT2D eigenvalue weighted by molar-refractivity contribution is 0.0600. The molecule has 0 aliphatic heterocycles. The van der Waals surface area contributed by atoms with Crippen molar-refractivity contribution in [3.05, 3.63) is 64.8 Å². The number of hydrogen-bond acceptors (Lipinski definition) is 5. The van der Waals surface area contributed by atoms with Crippen molar-refractivity contribution in [2.24, 2.45) is 0 Å². The van der Waals surface area contributed by atoms with Crippen molar-refractivity contribution in [1.82, 2.24) is 9.47 Å². The summed E-state index contributed by atoms with van der Waals surface area (Å²) < 4.78 is 18.0.